The fourth-order valence-electron chi connectivity index (χ4n) is 3.77. The zero-order valence-corrected chi connectivity index (χ0v) is 14.7. The summed E-state index contributed by atoms with van der Waals surface area (Å²) in [6.45, 7) is 4.05. The topological polar surface area (TPSA) is 55.2 Å². The first-order valence-electron chi connectivity index (χ1n) is 8.78. The average molecular weight is 327 g/mol. The summed E-state index contributed by atoms with van der Waals surface area (Å²) >= 11 is 0. The van der Waals surface area contributed by atoms with E-state index >= 15 is 0 Å². The number of fused-ring (bicyclic) bond motifs is 1. The standard InChI is InChI=1S/C19H25N3O2/c1-13(2)22(15-9-5-4-6-10-15)19(24)16-12-14-8-7-11-20-17(14)21(3)18(16)23/h7-8,11-13,15H,4-6,9-10H2,1-3H3. The Hall–Kier alpha value is -2.17. The van der Waals surface area contributed by atoms with E-state index in [1.807, 2.05) is 30.9 Å². The second kappa shape index (κ2) is 6.75. The number of rotatable bonds is 3. The number of hydrogen-bond donors (Lipinski definition) is 0. The van der Waals surface area contributed by atoms with Crippen molar-refractivity contribution in [1.29, 1.82) is 0 Å². The van der Waals surface area contributed by atoms with Crippen LogP contribution < -0.4 is 5.56 Å². The molecule has 0 N–H and O–H groups in total. The molecular formula is C19H25N3O2. The lowest BCUT2D eigenvalue weighted by Crippen LogP contribution is -2.47. The number of aryl methyl sites for hydroxylation is 1. The van der Waals surface area contributed by atoms with E-state index in [-0.39, 0.29) is 29.1 Å². The Kier molecular flexibility index (Phi) is 4.69. The van der Waals surface area contributed by atoms with Crippen LogP contribution in [0, 0.1) is 0 Å². The van der Waals surface area contributed by atoms with Gasteiger partial charge in [0.25, 0.3) is 11.5 Å². The Balaban J connectivity index is 2.05. The van der Waals surface area contributed by atoms with Crippen molar-refractivity contribution in [2.75, 3.05) is 0 Å². The minimum absolute atomic E-state index is 0.0786. The highest BCUT2D eigenvalue weighted by molar-refractivity contribution is 5.97. The average Bonchev–Trinajstić information content (AvgIpc) is 2.59. The quantitative estimate of drug-likeness (QED) is 0.870. The molecule has 0 spiro atoms. The van der Waals surface area contributed by atoms with Gasteiger partial charge in [-0.05, 0) is 44.9 Å². The third-order valence-corrected chi connectivity index (χ3v) is 4.96. The van der Waals surface area contributed by atoms with E-state index in [9.17, 15) is 9.59 Å². The molecule has 24 heavy (non-hydrogen) atoms. The van der Waals surface area contributed by atoms with Gasteiger partial charge in [-0.1, -0.05) is 19.3 Å². The molecule has 1 aliphatic carbocycles. The van der Waals surface area contributed by atoms with Gasteiger partial charge < -0.3 is 4.90 Å². The van der Waals surface area contributed by atoms with Gasteiger partial charge in [0, 0.05) is 30.7 Å². The molecule has 5 nitrogen and oxygen atoms in total. The van der Waals surface area contributed by atoms with Crippen LogP contribution in [0.15, 0.2) is 29.2 Å². The maximum Gasteiger partial charge on any atom is 0.264 e. The number of carbonyl (C=O) groups excluding carboxylic acids is 1. The van der Waals surface area contributed by atoms with Crippen LogP contribution in [0.25, 0.3) is 11.0 Å². The van der Waals surface area contributed by atoms with E-state index in [2.05, 4.69) is 4.98 Å². The zero-order valence-electron chi connectivity index (χ0n) is 14.7. The number of carbonyl (C=O) groups is 1. The number of aromatic nitrogens is 2. The molecule has 2 aromatic heterocycles. The Morgan fingerprint density at radius 2 is 2.00 bits per heavy atom. The summed E-state index contributed by atoms with van der Waals surface area (Å²) in [6, 6.07) is 5.72. The predicted octanol–water partition coefficient (Wildman–Crippen LogP) is 3.12. The highest BCUT2D eigenvalue weighted by Crippen LogP contribution is 2.25. The smallest absolute Gasteiger partial charge is 0.264 e. The monoisotopic (exact) mass is 327 g/mol. The van der Waals surface area contributed by atoms with Gasteiger partial charge in [0.2, 0.25) is 0 Å². The Morgan fingerprint density at radius 1 is 1.29 bits per heavy atom. The SMILES string of the molecule is CC(C)N(C(=O)c1cc2cccnc2n(C)c1=O)C1CCCCC1. The molecule has 128 valence electrons. The lowest BCUT2D eigenvalue weighted by atomic mass is 9.93. The van der Waals surface area contributed by atoms with Crippen LogP contribution in [0.3, 0.4) is 0 Å². The van der Waals surface area contributed by atoms with Gasteiger partial charge >= 0.3 is 0 Å². The van der Waals surface area contributed by atoms with Crippen molar-refractivity contribution >= 4 is 16.9 Å². The Morgan fingerprint density at radius 3 is 2.67 bits per heavy atom. The fourth-order valence-corrected chi connectivity index (χ4v) is 3.77. The van der Waals surface area contributed by atoms with Gasteiger partial charge in [-0.2, -0.15) is 0 Å². The number of nitrogens with zero attached hydrogens (tertiary/aromatic N) is 3. The van der Waals surface area contributed by atoms with Gasteiger partial charge in [0.15, 0.2) is 0 Å². The van der Waals surface area contributed by atoms with E-state index < -0.39 is 0 Å². The molecule has 1 fully saturated rings. The molecule has 5 heteroatoms. The highest BCUT2D eigenvalue weighted by Gasteiger charge is 2.30. The van der Waals surface area contributed by atoms with Gasteiger partial charge in [0.05, 0.1) is 0 Å². The van der Waals surface area contributed by atoms with Crippen LogP contribution in [0.4, 0.5) is 0 Å². The fraction of sp³-hybridized carbons (Fsp3) is 0.526. The first kappa shape index (κ1) is 16.7. The summed E-state index contributed by atoms with van der Waals surface area (Å²) in [5, 5.41) is 0.815. The third-order valence-electron chi connectivity index (χ3n) is 4.96. The first-order valence-corrected chi connectivity index (χ1v) is 8.78. The maximum absolute atomic E-state index is 13.2. The molecule has 2 aromatic rings. The van der Waals surface area contributed by atoms with Gasteiger partial charge in [0.1, 0.15) is 11.2 Å². The largest absolute Gasteiger partial charge is 0.333 e. The van der Waals surface area contributed by atoms with E-state index in [0.717, 1.165) is 31.1 Å². The van der Waals surface area contributed by atoms with Crippen molar-refractivity contribution in [2.24, 2.45) is 7.05 Å². The van der Waals surface area contributed by atoms with Crippen LogP contribution in [0.5, 0.6) is 0 Å². The summed E-state index contributed by atoms with van der Waals surface area (Å²) < 4.78 is 1.47. The highest BCUT2D eigenvalue weighted by atomic mass is 16.2. The van der Waals surface area contributed by atoms with E-state index in [4.69, 9.17) is 0 Å². The molecule has 1 amide bonds. The number of hydrogen-bond acceptors (Lipinski definition) is 3. The summed E-state index contributed by atoms with van der Waals surface area (Å²) in [5.74, 6) is -0.150. The van der Waals surface area contributed by atoms with E-state index in [0.29, 0.717) is 5.65 Å². The molecule has 0 aliphatic heterocycles. The Bertz CT molecular complexity index is 804. The normalized spacial score (nSPS) is 15.8. The van der Waals surface area contributed by atoms with E-state index in [1.54, 1.807) is 19.3 Å². The lowest BCUT2D eigenvalue weighted by molar-refractivity contribution is 0.0553. The van der Waals surface area contributed by atoms with Gasteiger partial charge in [-0.25, -0.2) is 4.98 Å². The van der Waals surface area contributed by atoms with Crippen molar-refractivity contribution in [3.05, 3.63) is 40.3 Å². The van der Waals surface area contributed by atoms with E-state index in [1.165, 1.54) is 11.0 Å². The number of amides is 1. The molecule has 0 unspecified atom stereocenters. The minimum atomic E-state index is -0.271. The molecule has 2 heterocycles. The molecule has 0 bridgehead atoms. The molecular weight excluding hydrogens is 302 g/mol. The summed E-state index contributed by atoms with van der Waals surface area (Å²) in [4.78, 5) is 32.1. The van der Waals surface area contributed by atoms with Crippen molar-refractivity contribution in [3.63, 3.8) is 0 Å². The van der Waals surface area contributed by atoms with Crippen molar-refractivity contribution < 1.29 is 4.79 Å². The molecule has 0 atom stereocenters. The van der Waals surface area contributed by atoms with Crippen LogP contribution in [0.2, 0.25) is 0 Å². The molecule has 1 saturated carbocycles. The molecule has 0 aromatic carbocycles. The minimum Gasteiger partial charge on any atom is -0.333 e. The second-order valence-corrected chi connectivity index (χ2v) is 6.94. The summed E-state index contributed by atoms with van der Waals surface area (Å²) in [6.07, 6.45) is 7.26. The van der Waals surface area contributed by atoms with Crippen molar-refractivity contribution in [2.45, 2.75) is 58.0 Å². The second-order valence-electron chi connectivity index (χ2n) is 6.94. The van der Waals surface area contributed by atoms with Crippen LogP contribution in [-0.2, 0) is 7.05 Å². The van der Waals surface area contributed by atoms with Crippen molar-refractivity contribution in [3.8, 4) is 0 Å². The maximum atomic E-state index is 13.2. The van der Waals surface area contributed by atoms with Crippen molar-refractivity contribution in [1.82, 2.24) is 14.5 Å². The first-order chi connectivity index (χ1) is 11.5. The molecule has 1 aliphatic rings. The Labute approximate surface area is 142 Å². The molecule has 3 rings (SSSR count). The molecule has 0 radical (unpaired) electrons. The summed E-state index contributed by atoms with van der Waals surface area (Å²) in [5.41, 5.74) is 0.581. The van der Waals surface area contributed by atoms with Gasteiger partial charge in [-0.3, -0.25) is 14.2 Å². The van der Waals surface area contributed by atoms with Crippen LogP contribution >= 0.6 is 0 Å². The lowest BCUT2D eigenvalue weighted by Gasteiger charge is -2.37. The van der Waals surface area contributed by atoms with Crippen LogP contribution in [0.1, 0.15) is 56.3 Å². The number of pyridine rings is 2. The third kappa shape index (κ3) is 2.95. The zero-order chi connectivity index (χ0) is 17.3. The molecule has 0 saturated heterocycles. The van der Waals surface area contributed by atoms with Crippen LogP contribution in [-0.4, -0.2) is 32.4 Å². The van der Waals surface area contributed by atoms with Gasteiger partial charge in [-0.15, -0.1) is 0 Å². The summed E-state index contributed by atoms with van der Waals surface area (Å²) in [7, 11) is 1.68. The predicted molar refractivity (Wildman–Crippen MR) is 95.2 cm³/mol.